The van der Waals surface area contributed by atoms with Gasteiger partial charge >= 0.3 is 0 Å². The summed E-state index contributed by atoms with van der Waals surface area (Å²) in [5.74, 6) is 0.430. The van der Waals surface area contributed by atoms with Crippen LogP contribution in [0.2, 0.25) is 0 Å². The van der Waals surface area contributed by atoms with Crippen LogP contribution in [-0.4, -0.2) is 28.9 Å². The number of rotatable bonds is 4. The summed E-state index contributed by atoms with van der Waals surface area (Å²) in [7, 11) is 1.78. The van der Waals surface area contributed by atoms with E-state index in [1.165, 1.54) is 23.1 Å². The van der Waals surface area contributed by atoms with Crippen LogP contribution in [0.4, 0.5) is 5.69 Å². The van der Waals surface area contributed by atoms with Gasteiger partial charge in [-0.2, -0.15) is 0 Å². The maximum Gasteiger partial charge on any atom is 0.237 e. The molecule has 0 fully saturated rings. The molecule has 0 radical (unpaired) electrons. The van der Waals surface area contributed by atoms with Crippen molar-refractivity contribution in [2.24, 2.45) is 0 Å². The van der Waals surface area contributed by atoms with Gasteiger partial charge in [-0.05, 0) is 19.1 Å². The Morgan fingerprint density at radius 1 is 1.33 bits per heavy atom. The summed E-state index contributed by atoms with van der Waals surface area (Å²) in [5.41, 5.74) is 0.900. The number of carbonyl (C=O) groups is 1. The minimum absolute atomic E-state index is 0.0547. The molecule has 0 saturated carbocycles. The fraction of sp³-hybridized carbons (Fsp3) is 0.250. The molecule has 18 heavy (non-hydrogen) atoms. The van der Waals surface area contributed by atoms with Crippen LogP contribution < -0.4 is 4.90 Å². The maximum absolute atomic E-state index is 12.0. The first-order valence-corrected chi connectivity index (χ1v) is 7.21. The number of nitrogens with zero attached hydrogens (tertiary/aromatic N) is 3. The van der Waals surface area contributed by atoms with Crippen LogP contribution in [0, 0.1) is 6.92 Å². The molecule has 0 aliphatic carbocycles. The number of hydrogen-bond donors (Lipinski definition) is 0. The summed E-state index contributed by atoms with van der Waals surface area (Å²) < 4.78 is 0.835. The van der Waals surface area contributed by atoms with Crippen LogP contribution in [0.3, 0.4) is 0 Å². The van der Waals surface area contributed by atoms with Crippen LogP contribution in [0.1, 0.15) is 5.01 Å². The summed E-state index contributed by atoms with van der Waals surface area (Å²) in [6.45, 7) is 1.90. The van der Waals surface area contributed by atoms with E-state index in [4.69, 9.17) is 0 Å². The smallest absolute Gasteiger partial charge is 0.237 e. The monoisotopic (exact) mass is 279 g/mol. The molecule has 0 aliphatic rings. The third kappa shape index (κ3) is 3.30. The number of aromatic nitrogens is 2. The van der Waals surface area contributed by atoms with E-state index >= 15 is 0 Å². The van der Waals surface area contributed by atoms with Crippen molar-refractivity contribution in [1.29, 1.82) is 0 Å². The van der Waals surface area contributed by atoms with E-state index in [1.54, 1.807) is 11.9 Å². The summed E-state index contributed by atoms with van der Waals surface area (Å²) in [6.07, 6.45) is 0. The highest BCUT2D eigenvalue weighted by Crippen LogP contribution is 2.22. The molecule has 1 amide bonds. The van der Waals surface area contributed by atoms with E-state index in [2.05, 4.69) is 10.2 Å². The average Bonchev–Trinajstić information content (AvgIpc) is 2.82. The van der Waals surface area contributed by atoms with Gasteiger partial charge in [0.15, 0.2) is 4.34 Å². The molecule has 0 spiro atoms. The van der Waals surface area contributed by atoms with E-state index in [0.717, 1.165) is 15.0 Å². The molecule has 0 saturated heterocycles. The maximum atomic E-state index is 12.0. The van der Waals surface area contributed by atoms with E-state index in [1.807, 2.05) is 37.3 Å². The number of benzene rings is 1. The quantitative estimate of drug-likeness (QED) is 0.807. The van der Waals surface area contributed by atoms with Crippen LogP contribution >= 0.6 is 23.1 Å². The van der Waals surface area contributed by atoms with Gasteiger partial charge in [-0.15, -0.1) is 10.2 Å². The number of carbonyl (C=O) groups excluding carboxylic acids is 1. The Kier molecular flexibility index (Phi) is 4.33. The molecular formula is C12H13N3OS2. The lowest BCUT2D eigenvalue weighted by Crippen LogP contribution is -2.27. The molecule has 0 aliphatic heterocycles. The molecule has 0 unspecified atom stereocenters. The molecular weight excluding hydrogens is 266 g/mol. The highest BCUT2D eigenvalue weighted by molar-refractivity contribution is 8.01. The Bertz CT molecular complexity index is 527. The third-order valence-electron chi connectivity index (χ3n) is 2.34. The Balaban J connectivity index is 1.92. The fourth-order valence-electron chi connectivity index (χ4n) is 1.35. The zero-order valence-electron chi connectivity index (χ0n) is 10.2. The standard InChI is InChI=1S/C12H13N3OS2/c1-9-13-14-12(18-9)17-8-11(16)15(2)10-6-4-3-5-7-10/h3-7H,8H2,1-2H3. The summed E-state index contributed by atoms with van der Waals surface area (Å²) >= 11 is 2.93. The van der Waals surface area contributed by atoms with Crippen molar-refractivity contribution < 1.29 is 4.79 Å². The molecule has 2 aromatic rings. The van der Waals surface area contributed by atoms with Crippen molar-refractivity contribution in [2.75, 3.05) is 17.7 Å². The largest absolute Gasteiger partial charge is 0.315 e. The Morgan fingerprint density at radius 2 is 2.06 bits per heavy atom. The van der Waals surface area contributed by atoms with Crippen molar-refractivity contribution in [2.45, 2.75) is 11.3 Å². The summed E-state index contributed by atoms with van der Waals surface area (Å²) in [5, 5.41) is 8.82. The zero-order valence-corrected chi connectivity index (χ0v) is 11.8. The number of anilines is 1. The highest BCUT2D eigenvalue weighted by Gasteiger charge is 2.12. The van der Waals surface area contributed by atoms with Crippen LogP contribution in [0.5, 0.6) is 0 Å². The predicted molar refractivity (Wildman–Crippen MR) is 75.2 cm³/mol. The molecule has 0 N–H and O–H groups in total. The lowest BCUT2D eigenvalue weighted by atomic mass is 10.3. The van der Waals surface area contributed by atoms with E-state index in [-0.39, 0.29) is 5.91 Å². The van der Waals surface area contributed by atoms with Crippen molar-refractivity contribution in [3.63, 3.8) is 0 Å². The second-order valence-electron chi connectivity index (χ2n) is 3.66. The normalized spacial score (nSPS) is 10.3. The number of hydrogen-bond acceptors (Lipinski definition) is 5. The number of amides is 1. The molecule has 2 rings (SSSR count). The van der Waals surface area contributed by atoms with Gasteiger partial charge < -0.3 is 4.90 Å². The van der Waals surface area contributed by atoms with Gasteiger partial charge in [-0.3, -0.25) is 4.79 Å². The molecule has 1 aromatic carbocycles. The van der Waals surface area contributed by atoms with Crippen LogP contribution in [0.15, 0.2) is 34.7 Å². The van der Waals surface area contributed by atoms with Crippen molar-refractivity contribution in [3.05, 3.63) is 35.3 Å². The van der Waals surface area contributed by atoms with Gasteiger partial charge in [-0.1, -0.05) is 41.3 Å². The third-order valence-corrected chi connectivity index (χ3v) is 4.30. The van der Waals surface area contributed by atoms with Gasteiger partial charge in [0.2, 0.25) is 5.91 Å². The lowest BCUT2D eigenvalue weighted by Gasteiger charge is -2.16. The predicted octanol–water partition coefficient (Wildman–Crippen LogP) is 2.60. The zero-order chi connectivity index (χ0) is 13.0. The highest BCUT2D eigenvalue weighted by atomic mass is 32.2. The number of aryl methyl sites for hydroxylation is 1. The van der Waals surface area contributed by atoms with E-state index in [9.17, 15) is 4.79 Å². The molecule has 0 bridgehead atoms. The van der Waals surface area contributed by atoms with Gasteiger partial charge in [0, 0.05) is 12.7 Å². The van der Waals surface area contributed by atoms with E-state index in [0.29, 0.717) is 5.75 Å². The van der Waals surface area contributed by atoms with Gasteiger partial charge in [0.25, 0.3) is 0 Å². The van der Waals surface area contributed by atoms with Crippen LogP contribution in [0.25, 0.3) is 0 Å². The second kappa shape index (κ2) is 5.97. The molecule has 6 heteroatoms. The SMILES string of the molecule is Cc1nnc(SCC(=O)N(C)c2ccccc2)s1. The molecule has 4 nitrogen and oxygen atoms in total. The molecule has 94 valence electrons. The number of thioether (sulfide) groups is 1. The first-order chi connectivity index (χ1) is 8.66. The van der Waals surface area contributed by atoms with Gasteiger partial charge in [0.1, 0.15) is 5.01 Å². The second-order valence-corrected chi connectivity index (χ2v) is 6.07. The number of para-hydroxylation sites is 1. The summed E-state index contributed by atoms with van der Waals surface area (Å²) in [4.78, 5) is 13.6. The molecule has 1 heterocycles. The fourth-order valence-corrected chi connectivity index (χ4v) is 3.08. The molecule has 1 aromatic heterocycles. The minimum Gasteiger partial charge on any atom is -0.315 e. The Hall–Kier alpha value is -1.40. The lowest BCUT2D eigenvalue weighted by molar-refractivity contribution is -0.115. The first kappa shape index (κ1) is 13.0. The van der Waals surface area contributed by atoms with Crippen LogP contribution in [-0.2, 0) is 4.79 Å². The first-order valence-electron chi connectivity index (χ1n) is 5.41. The topological polar surface area (TPSA) is 46.1 Å². The van der Waals surface area contributed by atoms with Crippen molar-refractivity contribution in [1.82, 2.24) is 10.2 Å². The average molecular weight is 279 g/mol. The van der Waals surface area contributed by atoms with E-state index < -0.39 is 0 Å². The van der Waals surface area contributed by atoms with Crippen molar-refractivity contribution in [3.8, 4) is 0 Å². The van der Waals surface area contributed by atoms with Gasteiger partial charge in [-0.25, -0.2) is 0 Å². The summed E-state index contributed by atoms with van der Waals surface area (Å²) in [6, 6.07) is 9.59. The van der Waals surface area contributed by atoms with Crippen molar-refractivity contribution >= 4 is 34.7 Å². The van der Waals surface area contributed by atoms with Gasteiger partial charge in [0.05, 0.1) is 5.75 Å². The Labute approximate surface area is 114 Å². The Morgan fingerprint density at radius 3 is 2.67 bits per heavy atom. The minimum atomic E-state index is 0.0547. The molecule has 0 atom stereocenters.